The van der Waals surface area contributed by atoms with Crippen LogP contribution in [0.4, 0.5) is 10.8 Å². The molecule has 31 heavy (non-hydrogen) atoms. The van der Waals surface area contributed by atoms with Gasteiger partial charge in [-0.1, -0.05) is 47.7 Å². The van der Waals surface area contributed by atoms with Crippen molar-refractivity contribution in [3.63, 3.8) is 0 Å². The largest absolute Gasteiger partial charge is 0.299 e. The van der Waals surface area contributed by atoms with Gasteiger partial charge in [-0.15, -0.1) is 10.2 Å². The Bertz CT molecular complexity index is 1180. The summed E-state index contributed by atoms with van der Waals surface area (Å²) in [6, 6.07) is 11.1. The van der Waals surface area contributed by atoms with Crippen LogP contribution < -0.4 is 9.62 Å². The second kappa shape index (κ2) is 9.99. The molecule has 1 aromatic heterocycles. The molecule has 0 aliphatic carbocycles. The van der Waals surface area contributed by atoms with Crippen molar-refractivity contribution in [3.8, 4) is 0 Å². The predicted octanol–water partition coefficient (Wildman–Crippen LogP) is 4.75. The molecule has 1 N–H and O–H groups in total. The smallest absolute Gasteiger partial charge is 0.264 e. The lowest BCUT2D eigenvalue weighted by atomic mass is 10.1. The van der Waals surface area contributed by atoms with Crippen molar-refractivity contribution in [2.45, 2.75) is 30.0 Å². The quantitative estimate of drug-likeness (QED) is 0.357. The van der Waals surface area contributed by atoms with Gasteiger partial charge in [-0.3, -0.25) is 14.4 Å². The van der Waals surface area contributed by atoms with Crippen LogP contribution in [0.2, 0.25) is 5.02 Å². The Kier molecular flexibility index (Phi) is 7.58. The second-order valence-electron chi connectivity index (χ2n) is 6.59. The SMILES string of the molecule is CCSc1nnc(NC(=O)CN(c2ccc(C)c(C)c2)S(=O)(=O)c2ccc(Cl)cc2)s1. The van der Waals surface area contributed by atoms with Gasteiger partial charge in [0.05, 0.1) is 10.6 Å². The van der Waals surface area contributed by atoms with Crippen molar-refractivity contribution in [2.75, 3.05) is 21.9 Å². The molecule has 0 saturated carbocycles. The molecule has 7 nitrogen and oxygen atoms in total. The van der Waals surface area contributed by atoms with Crippen molar-refractivity contribution in [2.24, 2.45) is 0 Å². The maximum atomic E-state index is 13.4. The van der Waals surface area contributed by atoms with E-state index in [1.54, 1.807) is 12.1 Å². The fraction of sp³-hybridized carbons (Fsp3) is 0.250. The monoisotopic (exact) mass is 496 g/mol. The molecule has 11 heteroatoms. The molecule has 0 bridgehead atoms. The summed E-state index contributed by atoms with van der Waals surface area (Å²) < 4.78 is 28.6. The highest BCUT2D eigenvalue weighted by Crippen LogP contribution is 2.28. The Morgan fingerprint density at radius 3 is 2.48 bits per heavy atom. The molecular weight excluding hydrogens is 476 g/mol. The number of amides is 1. The van der Waals surface area contributed by atoms with Gasteiger partial charge in [-0.05, 0) is 67.1 Å². The van der Waals surface area contributed by atoms with Gasteiger partial charge in [0.25, 0.3) is 10.0 Å². The number of hydrogen-bond acceptors (Lipinski definition) is 7. The lowest BCUT2D eigenvalue weighted by Crippen LogP contribution is -2.38. The van der Waals surface area contributed by atoms with Gasteiger partial charge in [0.15, 0.2) is 4.34 Å². The summed E-state index contributed by atoms with van der Waals surface area (Å²) >= 11 is 8.67. The van der Waals surface area contributed by atoms with E-state index in [1.807, 2.05) is 26.8 Å². The van der Waals surface area contributed by atoms with Crippen LogP contribution in [0.1, 0.15) is 18.1 Å². The highest BCUT2D eigenvalue weighted by atomic mass is 35.5. The van der Waals surface area contributed by atoms with E-state index in [0.717, 1.165) is 25.5 Å². The molecule has 0 aliphatic heterocycles. The number of carbonyl (C=O) groups excluding carboxylic acids is 1. The molecule has 0 unspecified atom stereocenters. The van der Waals surface area contributed by atoms with Crippen LogP contribution in [-0.4, -0.2) is 36.8 Å². The zero-order valence-corrected chi connectivity index (χ0v) is 20.3. The van der Waals surface area contributed by atoms with Crippen molar-refractivity contribution < 1.29 is 13.2 Å². The minimum atomic E-state index is -4.01. The summed E-state index contributed by atoms with van der Waals surface area (Å²) in [5.74, 6) is 0.322. The first-order valence-electron chi connectivity index (χ1n) is 9.32. The normalized spacial score (nSPS) is 11.4. The summed E-state index contributed by atoms with van der Waals surface area (Å²) in [7, 11) is -4.01. The molecule has 3 rings (SSSR count). The van der Waals surface area contributed by atoms with E-state index >= 15 is 0 Å². The molecule has 0 atom stereocenters. The van der Waals surface area contributed by atoms with Crippen molar-refractivity contribution in [1.29, 1.82) is 0 Å². The Hall–Kier alpha value is -2.14. The van der Waals surface area contributed by atoms with Crippen LogP contribution in [0.25, 0.3) is 0 Å². The van der Waals surface area contributed by atoms with Gasteiger partial charge in [0.2, 0.25) is 11.0 Å². The average Bonchev–Trinajstić information content (AvgIpc) is 3.15. The fourth-order valence-corrected chi connectivity index (χ4v) is 5.86. The number of aryl methyl sites for hydroxylation is 2. The van der Waals surface area contributed by atoms with E-state index in [2.05, 4.69) is 15.5 Å². The summed E-state index contributed by atoms with van der Waals surface area (Å²) in [4.78, 5) is 12.8. The number of aromatic nitrogens is 2. The highest BCUT2D eigenvalue weighted by Gasteiger charge is 2.28. The number of nitrogens with zero attached hydrogens (tertiary/aromatic N) is 3. The second-order valence-corrected chi connectivity index (χ2v) is 11.4. The van der Waals surface area contributed by atoms with Crippen molar-refractivity contribution in [1.82, 2.24) is 10.2 Å². The third-order valence-corrected chi connectivity index (χ3v) is 8.28. The molecule has 1 amide bonds. The van der Waals surface area contributed by atoms with Gasteiger partial charge in [0, 0.05) is 5.02 Å². The molecule has 3 aromatic rings. The summed E-state index contributed by atoms with van der Waals surface area (Å²) in [5.41, 5.74) is 2.33. The van der Waals surface area contributed by atoms with Gasteiger partial charge in [0.1, 0.15) is 6.54 Å². The Morgan fingerprint density at radius 1 is 1.13 bits per heavy atom. The number of sulfonamides is 1. The molecular formula is C20H21ClN4O3S3. The van der Waals surface area contributed by atoms with Crippen LogP contribution in [0, 0.1) is 13.8 Å². The van der Waals surface area contributed by atoms with E-state index < -0.39 is 22.5 Å². The Morgan fingerprint density at radius 2 is 1.84 bits per heavy atom. The molecule has 164 valence electrons. The standard InChI is InChI=1S/C20H21ClN4O3S3/c1-4-29-20-24-23-19(30-20)22-18(26)12-25(16-8-5-13(2)14(3)11-16)31(27,28)17-9-6-15(21)7-10-17/h5-11H,4,12H2,1-3H3,(H,22,23,26). The van der Waals surface area contributed by atoms with Crippen molar-refractivity contribution in [3.05, 3.63) is 58.6 Å². The summed E-state index contributed by atoms with van der Waals surface area (Å²) in [6.45, 7) is 5.40. The third kappa shape index (κ3) is 5.76. The number of hydrogen-bond donors (Lipinski definition) is 1. The first kappa shape index (κ1) is 23.5. The van der Waals surface area contributed by atoms with Crippen LogP contribution in [0.5, 0.6) is 0 Å². The average molecular weight is 497 g/mol. The minimum Gasteiger partial charge on any atom is -0.299 e. The van der Waals surface area contributed by atoms with Gasteiger partial charge in [-0.25, -0.2) is 8.42 Å². The number of carbonyl (C=O) groups is 1. The van der Waals surface area contributed by atoms with E-state index in [4.69, 9.17) is 11.6 Å². The van der Waals surface area contributed by atoms with E-state index in [1.165, 1.54) is 47.4 Å². The lowest BCUT2D eigenvalue weighted by molar-refractivity contribution is -0.114. The number of rotatable bonds is 8. The molecule has 0 spiro atoms. The molecule has 0 saturated heterocycles. The minimum absolute atomic E-state index is 0.0421. The molecule has 2 aromatic carbocycles. The zero-order valence-electron chi connectivity index (χ0n) is 17.1. The first-order chi connectivity index (χ1) is 14.7. The fourth-order valence-electron chi connectivity index (χ4n) is 2.66. The van der Waals surface area contributed by atoms with Crippen LogP contribution in [0.3, 0.4) is 0 Å². The van der Waals surface area contributed by atoms with Crippen LogP contribution in [-0.2, 0) is 14.8 Å². The number of nitrogens with one attached hydrogen (secondary N) is 1. The molecule has 0 radical (unpaired) electrons. The Labute approximate surface area is 194 Å². The highest BCUT2D eigenvalue weighted by molar-refractivity contribution is 8.01. The molecule has 0 fully saturated rings. The van der Waals surface area contributed by atoms with Gasteiger partial charge in [-0.2, -0.15) is 0 Å². The topological polar surface area (TPSA) is 92.3 Å². The van der Waals surface area contributed by atoms with Gasteiger partial charge < -0.3 is 0 Å². The lowest BCUT2D eigenvalue weighted by Gasteiger charge is -2.24. The zero-order chi connectivity index (χ0) is 22.6. The number of anilines is 2. The van der Waals surface area contributed by atoms with E-state index in [0.29, 0.717) is 15.8 Å². The van der Waals surface area contributed by atoms with Gasteiger partial charge >= 0.3 is 0 Å². The number of thioether (sulfide) groups is 1. The predicted molar refractivity (Wildman–Crippen MR) is 127 cm³/mol. The van der Waals surface area contributed by atoms with Crippen LogP contribution in [0.15, 0.2) is 51.7 Å². The maximum absolute atomic E-state index is 13.4. The maximum Gasteiger partial charge on any atom is 0.264 e. The van der Waals surface area contributed by atoms with Crippen molar-refractivity contribution >= 4 is 61.4 Å². The van der Waals surface area contributed by atoms with E-state index in [-0.39, 0.29) is 4.90 Å². The van der Waals surface area contributed by atoms with E-state index in [9.17, 15) is 13.2 Å². The number of benzene rings is 2. The molecule has 1 heterocycles. The summed E-state index contributed by atoms with van der Waals surface area (Å²) in [5, 5.41) is 11.3. The third-order valence-electron chi connectivity index (χ3n) is 4.39. The van der Waals surface area contributed by atoms with Crippen LogP contribution >= 0.6 is 34.7 Å². The number of halogens is 1. The molecule has 0 aliphatic rings. The summed E-state index contributed by atoms with van der Waals surface area (Å²) in [6.07, 6.45) is 0. The Balaban J connectivity index is 1.92. The first-order valence-corrected chi connectivity index (χ1v) is 12.9.